The number of benzene rings is 1. The maximum absolute atomic E-state index is 11.9. The van der Waals surface area contributed by atoms with Gasteiger partial charge in [0.2, 0.25) is 0 Å². The van der Waals surface area contributed by atoms with Gasteiger partial charge in [-0.2, -0.15) is 0 Å². The zero-order chi connectivity index (χ0) is 17.1. The lowest BCUT2D eigenvalue weighted by Gasteiger charge is -2.34. The maximum atomic E-state index is 11.9. The van der Waals surface area contributed by atoms with Gasteiger partial charge < -0.3 is 15.4 Å². The Morgan fingerprint density at radius 3 is 2.88 bits per heavy atom. The van der Waals surface area contributed by atoms with Gasteiger partial charge in [0, 0.05) is 24.7 Å². The van der Waals surface area contributed by atoms with E-state index in [1.165, 1.54) is 0 Å². The van der Waals surface area contributed by atoms with E-state index in [1.807, 2.05) is 25.1 Å². The van der Waals surface area contributed by atoms with Crippen LogP contribution in [0, 0.1) is 0 Å². The number of hydrogen-bond acceptors (Lipinski definition) is 6. The summed E-state index contributed by atoms with van der Waals surface area (Å²) in [5.74, 6) is 0.420. The Kier molecular flexibility index (Phi) is 6.75. The van der Waals surface area contributed by atoms with Crippen molar-refractivity contribution in [1.29, 1.82) is 0 Å². The van der Waals surface area contributed by atoms with Crippen LogP contribution < -0.4 is 20.7 Å². The van der Waals surface area contributed by atoms with Gasteiger partial charge in [-0.1, -0.05) is 12.1 Å². The first-order valence-corrected chi connectivity index (χ1v) is 8.91. The summed E-state index contributed by atoms with van der Waals surface area (Å²) in [7, 11) is 0. The number of piperidine rings is 1. The zero-order valence-corrected chi connectivity index (χ0v) is 15.6. The first kappa shape index (κ1) is 19.6. The molecule has 0 aliphatic carbocycles. The molecule has 1 atom stereocenters. The van der Waals surface area contributed by atoms with Gasteiger partial charge in [-0.05, 0) is 43.7 Å². The SMILES string of the molecule is CCOc1cccc(/C=C2/SC(=O)NC2=O)c1N1CCCC(N)C1.Cl. The first-order valence-electron chi connectivity index (χ1n) is 8.09. The van der Waals surface area contributed by atoms with Crippen LogP contribution in [0.1, 0.15) is 25.3 Å². The summed E-state index contributed by atoms with van der Waals surface area (Å²) >= 11 is 0.921. The quantitative estimate of drug-likeness (QED) is 0.778. The molecule has 136 valence electrons. The fraction of sp³-hybridized carbons (Fsp3) is 0.412. The fourth-order valence-electron chi connectivity index (χ4n) is 3.04. The number of amides is 2. The van der Waals surface area contributed by atoms with Gasteiger partial charge in [0.05, 0.1) is 17.2 Å². The minimum Gasteiger partial charge on any atom is -0.492 e. The van der Waals surface area contributed by atoms with Crippen LogP contribution in [0.4, 0.5) is 10.5 Å². The number of carbonyl (C=O) groups excluding carboxylic acids is 2. The van der Waals surface area contributed by atoms with Crippen LogP contribution in [0.2, 0.25) is 0 Å². The molecule has 1 aromatic carbocycles. The summed E-state index contributed by atoms with van der Waals surface area (Å²) in [5.41, 5.74) is 7.93. The number of imide groups is 1. The zero-order valence-electron chi connectivity index (χ0n) is 14.0. The molecule has 0 spiro atoms. The second-order valence-corrected chi connectivity index (χ2v) is 6.84. The molecule has 0 aromatic heterocycles. The van der Waals surface area contributed by atoms with Crippen LogP contribution in [0.25, 0.3) is 6.08 Å². The molecule has 6 nitrogen and oxygen atoms in total. The molecule has 0 radical (unpaired) electrons. The van der Waals surface area contributed by atoms with E-state index in [-0.39, 0.29) is 29.6 Å². The van der Waals surface area contributed by atoms with Crippen molar-refractivity contribution in [1.82, 2.24) is 5.32 Å². The van der Waals surface area contributed by atoms with Crippen LogP contribution in [0.15, 0.2) is 23.1 Å². The van der Waals surface area contributed by atoms with E-state index >= 15 is 0 Å². The Hall–Kier alpha value is -1.70. The molecule has 0 saturated carbocycles. The largest absolute Gasteiger partial charge is 0.492 e. The Labute approximate surface area is 157 Å². The topological polar surface area (TPSA) is 84.7 Å². The van der Waals surface area contributed by atoms with Gasteiger partial charge >= 0.3 is 0 Å². The molecule has 2 aliphatic rings. The number of halogens is 1. The lowest BCUT2D eigenvalue weighted by Crippen LogP contribution is -2.43. The standard InChI is InChI=1S/C17H21N3O3S.ClH/c1-2-23-13-7-3-5-11(9-14-16(21)19-17(22)24-14)15(13)20-8-4-6-12(18)10-20;/h3,5,7,9,12H,2,4,6,8,10,18H2,1H3,(H,19,21,22);1H/b14-9+;. The second-order valence-electron chi connectivity index (χ2n) is 5.83. The highest BCUT2D eigenvalue weighted by Gasteiger charge is 2.27. The third kappa shape index (κ3) is 4.48. The molecule has 3 N–H and O–H groups in total. The summed E-state index contributed by atoms with van der Waals surface area (Å²) in [6, 6.07) is 5.87. The molecule has 2 fully saturated rings. The Morgan fingerprint density at radius 2 is 2.24 bits per heavy atom. The van der Waals surface area contributed by atoms with Gasteiger partial charge in [-0.15, -0.1) is 12.4 Å². The van der Waals surface area contributed by atoms with Crippen molar-refractivity contribution in [3.05, 3.63) is 28.7 Å². The van der Waals surface area contributed by atoms with Gasteiger partial charge in [0.1, 0.15) is 5.75 Å². The third-order valence-corrected chi connectivity index (χ3v) is 4.84. The van der Waals surface area contributed by atoms with Gasteiger partial charge in [0.15, 0.2) is 0 Å². The molecule has 2 amide bonds. The van der Waals surface area contributed by atoms with Crippen LogP contribution in [-0.2, 0) is 4.79 Å². The van der Waals surface area contributed by atoms with Gasteiger partial charge in [0.25, 0.3) is 11.1 Å². The van der Waals surface area contributed by atoms with Crippen molar-refractivity contribution in [2.45, 2.75) is 25.8 Å². The normalized spacial score (nSPS) is 21.9. The summed E-state index contributed by atoms with van der Waals surface area (Å²) in [6.07, 6.45) is 3.78. The molecule has 2 saturated heterocycles. The van der Waals surface area contributed by atoms with Crippen molar-refractivity contribution in [2.24, 2.45) is 5.73 Å². The van der Waals surface area contributed by atoms with E-state index in [0.29, 0.717) is 11.5 Å². The maximum Gasteiger partial charge on any atom is 0.290 e. The van der Waals surface area contributed by atoms with Crippen molar-refractivity contribution in [3.8, 4) is 5.75 Å². The average Bonchev–Trinajstić information content (AvgIpc) is 2.85. The summed E-state index contributed by atoms with van der Waals surface area (Å²) in [4.78, 5) is 25.9. The Balaban J connectivity index is 0.00000225. The van der Waals surface area contributed by atoms with Crippen molar-refractivity contribution in [3.63, 3.8) is 0 Å². The molecular weight excluding hydrogens is 362 g/mol. The van der Waals surface area contributed by atoms with Crippen LogP contribution in [-0.4, -0.2) is 36.9 Å². The third-order valence-electron chi connectivity index (χ3n) is 4.03. The number of carbonyl (C=O) groups is 2. The van der Waals surface area contributed by atoms with Crippen LogP contribution in [0.3, 0.4) is 0 Å². The number of ether oxygens (including phenoxy) is 1. The predicted molar refractivity (Wildman–Crippen MR) is 103 cm³/mol. The fourth-order valence-corrected chi connectivity index (χ4v) is 3.71. The van der Waals surface area contributed by atoms with Crippen LogP contribution in [0.5, 0.6) is 5.75 Å². The summed E-state index contributed by atoms with van der Waals surface area (Å²) < 4.78 is 5.79. The number of thioether (sulfide) groups is 1. The van der Waals surface area contributed by atoms with Crippen molar-refractivity contribution >= 4 is 47.1 Å². The second kappa shape index (κ2) is 8.60. The molecule has 1 unspecified atom stereocenters. The molecule has 8 heteroatoms. The Morgan fingerprint density at radius 1 is 1.44 bits per heavy atom. The number of para-hydroxylation sites is 1. The highest BCUT2D eigenvalue weighted by molar-refractivity contribution is 8.18. The number of hydrogen-bond donors (Lipinski definition) is 2. The summed E-state index contributed by atoms with van der Waals surface area (Å²) in [5, 5.41) is 1.95. The average molecular weight is 384 g/mol. The van der Waals surface area contributed by atoms with Crippen LogP contribution >= 0.6 is 24.2 Å². The minimum absolute atomic E-state index is 0. The molecule has 2 aliphatic heterocycles. The number of anilines is 1. The van der Waals surface area contributed by atoms with Gasteiger partial charge in [-0.3, -0.25) is 14.9 Å². The van der Waals surface area contributed by atoms with Gasteiger partial charge in [-0.25, -0.2) is 0 Å². The monoisotopic (exact) mass is 383 g/mol. The molecular formula is C17H22ClN3O3S. The number of nitrogens with zero attached hydrogens (tertiary/aromatic N) is 1. The molecule has 25 heavy (non-hydrogen) atoms. The number of nitrogens with two attached hydrogens (primary N) is 1. The van der Waals surface area contributed by atoms with E-state index in [2.05, 4.69) is 10.2 Å². The highest BCUT2D eigenvalue weighted by Crippen LogP contribution is 2.37. The smallest absolute Gasteiger partial charge is 0.290 e. The van der Waals surface area contributed by atoms with Crippen molar-refractivity contribution < 1.29 is 14.3 Å². The van der Waals surface area contributed by atoms with E-state index in [0.717, 1.165) is 54.7 Å². The van der Waals surface area contributed by atoms with E-state index < -0.39 is 0 Å². The molecule has 0 bridgehead atoms. The highest BCUT2D eigenvalue weighted by atomic mass is 35.5. The number of nitrogens with one attached hydrogen (secondary N) is 1. The molecule has 3 rings (SSSR count). The van der Waals surface area contributed by atoms with E-state index in [9.17, 15) is 9.59 Å². The molecule has 1 aromatic rings. The molecule has 2 heterocycles. The minimum atomic E-state index is -0.354. The lowest BCUT2D eigenvalue weighted by molar-refractivity contribution is -0.115. The number of rotatable bonds is 4. The summed E-state index contributed by atoms with van der Waals surface area (Å²) in [6.45, 7) is 4.14. The van der Waals surface area contributed by atoms with E-state index in [4.69, 9.17) is 10.5 Å². The Bertz CT molecular complexity index is 696. The first-order chi connectivity index (χ1) is 11.6. The lowest BCUT2D eigenvalue weighted by atomic mass is 10.0. The predicted octanol–water partition coefficient (Wildman–Crippen LogP) is 2.76. The van der Waals surface area contributed by atoms with Crippen molar-refractivity contribution in [2.75, 3.05) is 24.6 Å². The van der Waals surface area contributed by atoms with E-state index in [1.54, 1.807) is 6.08 Å².